The number of aromatic nitrogens is 1. The molecule has 4 nitrogen and oxygen atoms in total. The number of methoxy groups -OCH3 is 1. The van der Waals surface area contributed by atoms with Gasteiger partial charge in [-0.05, 0) is 26.0 Å². The van der Waals surface area contributed by atoms with Crippen LogP contribution in [0.3, 0.4) is 0 Å². The molecule has 1 aromatic carbocycles. The van der Waals surface area contributed by atoms with Gasteiger partial charge in [-0.15, -0.1) is 11.3 Å². The molecule has 0 saturated heterocycles. The Morgan fingerprint density at radius 1 is 1.39 bits per heavy atom. The number of fused-ring (bicyclic) bond motifs is 1. The third-order valence-corrected chi connectivity index (χ3v) is 3.85. The van der Waals surface area contributed by atoms with Crippen LogP contribution >= 0.6 is 11.3 Å². The lowest BCUT2D eigenvalue weighted by molar-refractivity contribution is 0.0773. The standard InChI is InChI=1S/C13H16N2O2S/c1-4-15(5-2)13(16)12-14-10-8-9(17-3)6-7-11(10)18-12/h6-8H,4-5H2,1-3H3. The van der Waals surface area contributed by atoms with E-state index in [1.165, 1.54) is 11.3 Å². The van der Waals surface area contributed by atoms with Gasteiger partial charge in [-0.3, -0.25) is 4.79 Å². The van der Waals surface area contributed by atoms with Gasteiger partial charge in [0.05, 0.1) is 17.3 Å². The van der Waals surface area contributed by atoms with Gasteiger partial charge in [0.1, 0.15) is 5.75 Å². The first-order chi connectivity index (χ1) is 8.69. The second-order valence-corrected chi connectivity index (χ2v) is 4.86. The molecule has 2 aromatic rings. The number of hydrogen-bond acceptors (Lipinski definition) is 4. The molecule has 1 heterocycles. The van der Waals surface area contributed by atoms with Crippen molar-refractivity contribution in [1.29, 1.82) is 0 Å². The highest BCUT2D eigenvalue weighted by Gasteiger charge is 2.17. The normalized spacial score (nSPS) is 10.6. The Kier molecular flexibility index (Phi) is 3.81. The van der Waals surface area contributed by atoms with Crippen LogP contribution in [0, 0.1) is 0 Å². The van der Waals surface area contributed by atoms with E-state index < -0.39 is 0 Å². The summed E-state index contributed by atoms with van der Waals surface area (Å²) in [6, 6.07) is 5.67. The fraction of sp³-hybridized carbons (Fsp3) is 0.385. The number of hydrogen-bond donors (Lipinski definition) is 0. The smallest absolute Gasteiger partial charge is 0.282 e. The van der Waals surface area contributed by atoms with E-state index >= 15 is 0 Å². The third-order valence-electron chi connectivity index (χ3n) is 2.83. The number of benzene rings is 1. The fourth-order valence-corrected chi connectivity index (χ4v) is 2.69. The summed E-state index contributed by atoms with van der Waals surface area (Å²) in [7, 11) is 1.62. The summed E-state index contributed by atoms with van der Waals surface area (Å²) in [5.41, 5.74) is 0.815. The van der Waals surface area contributed by atoms with E-state index in [-0.39, 0.29) is 5.91 Å². The maximum absolute atomic E-state index is 12.2. The van der Waals surface area contributed by atoms with Crippen molar-refractivity contribution in [2.45, 2.75) is 13.8 Å². The van der Waals surface area contributed by atoms with Crippen LogP contribution in [-0.2, 0) is 0 Å². The molecule has 0 aliphatic rings. The van der Waals surface area contributed by atoms with Gasteiger partial charge < -0.3 is 9.64 Å². The van der Waals surface area contributed by atoms with Gasteiger partial charge in [0.25, 0.3) is 5.91 Å². The summed E-state index contributed by atoms with van der Waals surface area (Å²) in [6.45, 7) is 5.35. The topological polar surface area (TPSA) is 42.4 Å². The molecule has 1 aromatic heterocycles. The number of carbonyl (C=O) groups is 1. The first-order valence-corrected chi connectivity index (χ1v) is 6.75. The minimum atomic E-state index is 0.000154. The summed E-state index contributed by atoms with van der Waals surface area (Å²) < 4.78 is 6.16. The summed E-state index contributed by atoms with van der Waals surface area (Å²) in [4.78, 5) is 18.3. The molecule has 0 fully saturated rings. The Labute approximate surface area is 110 Å². The van der Waals surface area contributed by atoms with E-state index in [1.54, 1.807) is 12.0 Å². The van der Waals surface area contributed by atoms with Crippen LogP contribution in [0.15, 0.2) is 18.2 Å². The molecule has 0 aliphatic carbocycles. The largest absolute Gasteiger partial charge is 0.497 e. The zero-order valence-electron chi connectivity index (χ0n) is 10.8. The molecule has 18 heavy (non-hydrogen) atoms. The maximum Gasteiger partial charge on any atom is 0.282 e. The average molecular weight is 264 g/mol. The average Bonchev–Trinajstić information content (AvgIpc) is 2.82. The molecule has 5 heteroatoms. The van der Waals surface area contributed by atoms with Crippen molar-refractivity contribution in [3.8, 4) is 5.75 Å². The van der Waals surface area contributed by atoms with Crippen LogP contribution < -0.4 is 4.74 Å². The SMILES string of the molecule is CCN(CC)C(=O)c1nc2cc(OC)ccc2s1. The molecule has 0 spiro atoms. The van der Waals surface area contributed by atoms with Crippen LogP contribution in [0.1, 0.15) is 23.6 Å². The van der Waals surface area contributed by atoms with Crippen LogP contribution in [-0.4, -0.2) is 36.0 Å². The highest BCUT2D eigenvalue weighted by Crippen LogP contribution is 2.26. The maximum atomic E-state index is 12.2. The second kappa shape index (κ2) is 5.35. The van der Waals surface area contributed by atoms with Gasteiger partial charge in [0.2, 0.25) is 0 Å². The molecular formula is C13H16N2O2S. The quantitative estimate of drug-likeness (QED) is 0.852. The van der Waals surface area contributed by atoms with E-state index in [2.05, 4.69) is 4.98 Å². The highest BCUT2D eigenvalue weighted by atomic mass is 32.1. The van der Waals surface area contributed by atoms with Crippen LogP contribution in [0.25, 0.3) is 10.2 Å². The number of amides is 1. The van der Waals surface area contributed by atoms with Crippen molar-refractivity contribution >= 4 is 27.5 Å². The summed E-state index contributed by atoms with van der Waals surface area (Å²) in [6.07, 6.45) is 0. The number of nitrogens with zero attached hydrogens (tertiary/aromatic N) is 2. The molecule has 0 aliphatic heterocycles. The van der Waals surface area contributed by atoms with Crippen LogP contribution in [0.2, 0.25) is 0 Å². The molecular weight excluding hydrogens is 248 g/mol. The summed E-state index contributed by atoms with van der Waals surface area (Å²) in [5.74, 6) is 0.759. The molecule has 0 atom stereocenters. The predicted molar refractivity (Wildman–Crippen MR) is 73.4 cm³/mol. The Hall–Kier alpha value is -1.62. The molecule has 2 rings (SSSR count). The number of ether oxygens (including phenoxy) is 1. The van der Waals surface area contributed by atoms with E-state index in [0.717, 1.165) is 16.0 Å². The van der Waals surface area contributed by atoms with Crippen molar-refractivity contribution in [3.05, 3.63) is 23.2 Å². The lowest BCUT2D eigenvalue weighted by Crippen LogP contribution is -2.30. The van der Waals surface area contributed by atoms with Crippen LogP contribution in [0.4, 0.5) is 0 Å². The first kappa shape index (κ1) is 12.8. The van der Waals surface area contributed by atoms with Gasteiger partial charge >= 0.3 is 0 Å². The molecule has 1 amide bonds. The Bertz CT molecular complexity index is 561. The van der Waals surface area contributed by atoms with Crippen LogP contribution in [0.5, 0.6) is 5.75 Å². The fourth-order valence-electron chi connectivity index (χ4n) is 1.77. The Morgan fingerprint density at radius 2 is 2.11 bits per heavy atom. The summed E-state index contributed by atoms with van der Waals surface area (Å²) >= 11 is 1.43. The van der Waals surface area contributed by atoms with Crippen molar-refractivity contribution < 1.29 is 9.53 Å². The minimum absolute atomic E-state index is 0.000154. The zero-order valence-corrected chi connectivity index (χ0v) is 11.6. The Balaban J connectivity index is 2.37. The van der Waals surface area contributed by atoms with E-state index in [1.807, 2.05) is 32.0 Å². The number of carbonyl (C=O) groups excluding carboxylic acids is 1. The molecule has 0 bridgehead atoms. The van der Waals surface area contributed by atoms with Gasteiger partial charge in [-0.25, -0.2) is 4.98 Å². The van der Waals surface area contributed by atoms with Crippen molar-refractivity contribution in [2.75, 3.05) is 20.2 Å². The van der Waals surface area contributed by atoms with Gasteiger partial charge in [0.15, 0.2) is 5.01 Å². The molecule has 96 valence electrons. The van der Waals surface area contributed by atoms with Gasteiger partial charge in [-0.2, -0.15) is 0 Å². The van der Waals surface area contributed by atoms with E-state index in [9.17, 15) is 4.79 Å². The highest BCUT2D eigenvalue weighted by molar-refractivity contribution is 7.20. The number of thiazole rings is 1. The summed E-state index contributed by atoms with van der Waals surface area (Å²) in [5, 5.41) is 0.543. The van der Waals surface area contributed by atoms with E-state index in [0.29, 0.717) is 18.1 Å². The lowest BCUT2D eigenvalue weighted by Gasteiger charge is -2.16. The minimum Gasteiger partial charge on any atom is -0.497 e. The zero-order chi connectivity index (χ0) is 13.1. The van der Waals surface area contributed by atoms with Crippen molar-refractivity contribution in [2.24, 2.45) is 0 Å². The molecule has 0 radical (unpaired) electrons. The predicted octanol–water partition coefficient (Wildman–Crippen LogP) is 2.79. The Morgan fingerprint density at radius 3 is 2.72 bits per heavy atom. The van der Waals surface area contributed by atoms with E-state index in [4.69, 9.17) is 4.74 Å². The number of rotatable bonds is 4. The van der Waals surface area contributed by atoms with Crippen molar-refractivity contribution in [3.63, 3.8) is 0 Å². The molecule has 0 saturated carbocycles. The monoisotopic (exact) mass is 264 g/mol. The second-order valence-electron chi connectivity index (χ2n) is 3.83. The van der Waals surface area contributed by atoms with Gasteiger partial charge in [-0.1, -0.05) is 0 Å². The molecule has 0 unspecified atom stereocenters. The van der Waals surface area contributed by atoms with Crippen molar-refractivity contribution in [1.82, 2.24) is 9.88 Å². The third kappa shape index (κ3) is 2.31. The van der Waals surface area contributed by atoms with Gasteiger partial charge in [0, 0.05) is 19.2 Å². The first-order valence-electron chi connectivity index (χ1n) is 5.93. The molecule has 0 N–H and O–H groups in total. The lowest BCUT2D eigenvalue weighted by atomic mass is 10.3.